The van der Waals surface area contributed by atoms with Gasteiger partial charge in [-0.05, 0) is 18.8 Å². The second-order valence-electron chi connectivity index (χ2n) is 5.88. The van der Waals surface area contributed by atoms with E-state index in [4.69, 9.17) is 4.52 Å². The molecule has 0 saturated carbocycles. The Morgan fingerprint density at radius 1 is 1.53 bits per heavy atom. The number of hydrogen-bond donors (Lipinski definition) is 1. The van der Waals surface area contributed by atoms with Gasteiger partial charge < -0.3 is 9.84 Å². The van der Waals surface area contributed by atoms with Gasteiger partial charge in [0.05, 0.1) is 0 Å². The van der Waals surface area contributed by atoms with Crippen LogP contribution in [-0.2, 0) is 6.42 Å². The minimum atomic E-state index is 0.616. The average Bonchev–Trinajstić information content (AvgIpc) is 2.89. The van der Waals surface area contributed by atoms with Crippen LogP contribution >= 0.6 is 0 Å². The zero-order chi connectivity index (χ0) is 13.7. The highest BCUT2D eigenvalue weighted by atomic mass is 16.5. The van der Waals surface area contributed by atoms with E-state index < -0.39 is 0 Å². The number of piperazine rings is 1. The Labute approximate surface area is 115 Å². The SMILES string of the molecule is CCC1CNC(CC(C)C)CN1CCc1ncno1. The van der Waals surface area contributed by atoms with Gasteiger partial charge in [-0.3, -0.25) is 4.90 Å². The monoisotopic (exact) mass is 266 g/mol. The summed E-state index contributed by atoms with van der Waals surface area (Å²) in [5.74, 6) is 1.49. The molecular weight excluding hydrogens is 240 g/mol. The van der Waals surface area contributed by atoms with Gasteiger partial charge in [0.2, 0.25) is 5.89 Å². The number of aromatic nitrogens is 2. The first kappa shape index (κ1) is 14.5. The fraction of sp³-hybridized carbons (Fsp3) is 0.857. The predicted molar refractivity (Wildman–Crippen MR) is 74.9 cm³/mol. The Morgan fingerprint density at radius 2 is 2.37 bits per heavy atom. The van der Waals surface area contributed by atoms with Crippen molar-refractivity contribution in [3.8, 4) is 0 Å². The van der Waals surface area contributed by atoms with E-state index in [1.807, 2.05) is 0 Å². The van der Waals surface area contributed by atoms with Crippen molar-refractivity contribution in [3.05, 3.63) is 12.2 Å². The maximum absolute atomic E-state index is 5.08. The molecule has 2 rings (SSSR count). The van der Waals surface area contributed by atoms with Crippen molar-refractivity contribution >= 4 is 0 Å². The topological polar surface area (TPSA) is 54.2 Å². The second-order valence-corrected chi connectivity index (χ2v) is 5.88. The summed E-state index contributed by atoms with van der Waals surface area (Å²) in [5.41, 5.74) is 0. The Morgan fingerprint density at radius 3 is 3.00 bits per heavy atom. The van der Waals surface area contributed by atoms with Crippen molar-refractivity contribution in [2.24, 2.45) is 5.92 Å². The van der Waals surface area contributed by atoms with Crippen LogP contribution in [0, 0.1) is 5.92 Å². The molecule has 1 N–H and O–H groups in total. The van der Waals surface area contributed by atoms with Crippen molar-refractivity contribution in [1.82, 2.24) is 20.4 Å². The molecule has 108 valence electrons. The van der Waals surface area contributed by atoms with Crippen LogP contribution < -0.4 is 5.32 Å². The normalized spacial score (nSPS) is 25.1. The van der Waals surface area contributed by atoms with Gasteiger partial charge in [-0.25, -0.2) is 0 Å². The van der Waals surface area contributed by atoms with Gasteiger partial charge in [0.1, 0.15) is 0 Å². The zero-order valence-corrected chi connectivity index (χ0v) is 12.3. The van der Waals surface area contributed by atoms with Gasteiger partial charge in [-0.2, -0.15) is 4.98 Å². The molecule has 0 bridgehead atoms. The van der Waals surface area contributed by atoms with E-state index in [-0.39, 0.29) is 0 Å². The summed E-state index contributed by atoms with van der Waals surface area (Å²) in [4.78, 5) is 6.68. The van der Waals surface area contributed by atoms with Crippen LogP contribution in [0.4, 0.5) is 0 Å². The fourth-order valence-electron chi connectivity index (χ4n) is 2.88. The molecule has 5 heteroatoms. The Bertz CT molecular complexity index is 352. The lowest BCUT2D eigenvalue weighted by Gasteiger charge is -2.40. The van der Waals surface area contributed by atoms with Gasteiger partial charge in [-0.15, -0.1) is 0 Å². The first-order valence-corrected chi connectivity index (χ1v) is 7.42. The van der Waals surface area contributed by atoms with Crippen LogP contribution in [0.3, 0.4) is 0 Å². The molecule has 0 aliphatic carbocycles. The van der Waals surface area contributed by atoms with Crippen molar-refractivity contribution in [3.63, 3.8) is 0 Å². The van der Waals surface area contributed by atoms with Crippen LogP contribution in [0.25, 0.3) is 0 Å². The molecule has 1 aliphatic heterocycles. The largest absolute Gasteiger partial charge is 0.340 e. The summed E-state index contributed by atoms with van der Waals surface area (Å²) < 4.78 is 5.08. The Hall–Kier alpha value is -0.940. The third kappa shape index (κ3) is 4.28. The lowest BCUT2D eigenvalue weighted by Crippen LogP contribution is -2.56. The molecule has 1 saturated heterocycles. The van der Waals surface area contributed by atoms with Crippen molar-refractivity contribution in [2.45, 2.75) is 52.1 Å². The third-order valence-corrected chi connectivity index (χ3v) is 3.86. The van der Waals surface area contributed by atoms with E-state index in [9.17, 15) is 0 Å². The standard InChI is InChI=1S/C14H26N4O/c1-4-13-8-15-12(7-11(2)3)9-18(13)6-5-14-16-10-17-19-14/h10-13,15H,4-9H2,1-3H3. The minimum Gasteiger partial charge on any atom is -0.340 e. The maximum Gasteiger partial charge on any atom is 0.227 e. The molecule has 2 heterocycles. The van der Waals surface area contributed by atoms with E-state index >= 15 is 0 Å². The predicted octanol–water partition coefficient (Wildman–Crippen LogP) is 1.71. The zero-order valence-electron chi connectivity index (χ0n) is 12.3. The highest BCUT2D eigenvalue weighted by molar-refractivity contribution is 4.87. The molecule has 0 radical (unpaired) electrons. The Balaban J connectivity index is 1.86. The maximum atomic E-state index is 5.08. The molecule has 0 spiro atoms. The molecule has 1 aromatic heterocycles. The van der Waals surface area contributed by atoms with E-state index in [0.717, 1.165) is 37.9 Å². The van der Waals surface area contributed by atoms with Gasteiger partial charge in [0.15, 0.2) is 6.33 Å². The summed E-state index contributed by atoms with van der Waals surface area (Å²) in [5, 5.41) is 7.34. The summed E-state index contributed by atoms with van der Waals surface area (Å²) in [6, 6.07) is 1.25. The molecule has 2 unspecified atom stereocenters. The lowest BCUT2D eigenvalue weighted by atomic mass is 9.99. The van der Waals surface area contributed by atoms with Gasteiger partial charge in [0.25, 0.3) is 0 Å². The number of rotatable bonds is 6. The second kappa shape index (κ2) is 7.01. The first-order chi connectivity index (χ1) is 9.19. The molecule has 1 fully saturated rings. The number of nitrogens with zero attached hydrogens (tertiary/aromatic N) is 3. The Kier molecular flexibility index (Phi) is 5.34. The molecule has 0 amide bonds. The van der Waals surface area contributed by atoms with Crippen molar-refractivity contribution < 1.29 is 4.52 Å². The van der Waals surface area contributed by atoms with E-state index in [1.165, 1.54) is 19.2 Å². The van der Waals surface area contributed by atoms with E-state index in [1.54, 1.807) is 0 Å². The third-order valence-electron chi connectivity index (χ3n) is 3.86. The number of hydrogen-bond acceptors (Lipinski definition) is 5. The molecule has 0 aromatic carbocycles. The summed E-state index contributed by atoms with van der Waals surface area (Å²) in [6.45, 7) is 10.1. The van der Waals surface area contributed by atoms with Crippen LogP contribution in [0.2, 0.25) is 0 Å². The number of nitrogens with one attached hydrogen (secondary N) is 1. The highest BCUT2D eigenvalue weighted by Crippen LogP contribution is 2.15. The van der Waals surface area contributed by atoms with Crippen molar-refractivity contribution in [1.29, 1.82) is 0 Å². The molecular formula is C14H26N4O. The van der Waals surface area contributed by atoms with Gasteiger partial charge in [0, 0.05) is 38.1 Å². The van der Waals surface area contributed by atoms with Crippen LogP contribution in [0.5, 0.6) is 0 Å². The molecule has 1 aromatic rings. The van der Waals surface area contributed by atoms with E-state index in [2.05, 4.69) is 41.1 Å². The summed E-state index contributed by atoms with van der Waals surface area (Å²) in [7, 11) is 0. The fourth-order valence-corrected chi connectivity index (χ4v) is 2.88. The van der Waals surface area contributed by atoms with Crippen molar-refractivity contribution in [2.75, 3.05) is 19.6 Å². The molecule has 1 aliphatic rings. The summed E-state index contributed by atoms with van der Waals surface area (Å²) in [6.07, 6.45) is 4.76. The van der Waals surface area contributed by atoms with E-state index in [0.29, 0.717) is 12.1 Å². The van der Waals surface area contributed by atoms with Crippen LogP contribution in [0.15, 0.2) is 10.9 Å². The lowest BCUT2D eigenvalue weighted by molar-refractivity contribution is 0.117. The van der Waals surface area contributed by atoms with Crippen LogP contribution in [-0.4, -0.2) is 46.8 Å². The molecule has 2 atom stereocenters. The summed E-state index contributed by atoms with van der Waals surface area (Å²) >= 11 is 0. The minimum absolute atomic E-state index is 0.616. The highest BCUT2D eigenvalue weighted by Gasteiger charge is 2.26. The first-order valence-electron chi connectivity index (χ1n) is 7.42. The molecule has 19 heavy (non-hydrogen) atoms. The van der Waals surface area contributed by atoms with Gasteiger partial charge >= 0.3 is 0 Å². The average molecular weight is 266 g/mol. The van der Waals surface area contributed by atoms with Gasteiger partial charge in [-0.1, -0.05) is 25.9 Å². The van der Waals surface area contributed by atoms with Crippen LogP contribution in [0.1, 0.15) is 39.5 Å². The smallest absolute Gasteiger partial charge is 0.227 e. The molecule has 5 nitrogen and oxygen atoms in total. The quantitative estimate of drug-likeness (QED) is 0.849.